The van der Waals surface area contributed by atoms with Gasteiger partial charge >= 0.3 is 0 Å². The minimum absolute atomic E-state index is 0.0908. The second-order valence-electron chi connectivity index (χ2n) is 2.32. The summed E-state index contributed by atoms with van der Waals surface area (Å²) in [5, 5.41) is 10.4. The molecule has 1 rings (SSSR count). The third-order valence-electron chi connectivity index (χ3n) is 1.40. The molecule has 0 aliphatic heterocycles. The van der Waals surface area contributed by atoms with Gasteiger partial charge in [0.1, 0.15) is 16.0 Å². The van der Waals surface area contributed by atoms with Crippen LogP contribution in [0.4, 0.5) is 20.3 Å². The summed E-state index contributed by atoms with van der Waals surface area (Å²) in [6.45, 7) is 0. The summed E-state index contributed by atoms with van der Waals surface area (Å²) < 4.78 is 24.2. The zero-order valence-electron chi connectivity index (χ0n) is 6.58. The molecular weight excluding hydrogens is 264 g/mol. The Labute approximate surface area is 85.2 Å². The largest absolute Gasteiger partial charge is 0.383 e. The lowest BCUT2D eigenvalue weighted by Crippen LogP contribution is -2.01. The Hall–Kier alpha value is -1.31. The van der Waals surface area contributed by atoms with Crippen LogP contribution in [0.15, 0.2) is 10.5 Å². The summed E-state index contributed by atoms with van der Waals surface area (Å²) in [6, 6.07) is 0.686. The van der Waals surface area contributed by atoms with Crippen molar-refractivity contribution in [2.75, 3.05) is 5.73 Å². The van der Waals surface area contributed by atoms with Gasteiger partial charge in [-0.2, -0.15) is 0 Å². The first kappa shape index (κ1) is 10.8. The highest BCUT2D eigenvalue weighted by atomic mass is 79.9. The first-order valence-corrected chi connectivity index (χ1v) is 4.11. The van der Waals surface area contributed by atoms with Gasteiger partial charge in [-0.1, -0.05) is 0 Å². The van der Waals surface area contributed by atoms with Crippen LogP contribution in [0, 0.1) is 10.1 Å². The minimum Gasteiger partial charge on any atom is -0.383 e. The maximum Gasteiger partial charge on any atom is 0.289 e. The van der Waals surface area contributed by atoms with Crippen molar-refractivity contribution in [1.82, 2.24) is 4.98 Å². The Balaban J connectivity index is 3.35. The second-order valence-corrected chi connectivity index (χ2v) is 3.12. The molecule has 0 spiro atoms. The Morgan fingerprint density at radius 2 is 2.21 bits per heavy atom. The standard InChI is InChI=1S/C6H4BrF2N3O2/c7-4-3(12(13)14)1-2(5(8)9)11-6(4)10/h1,5H,(H2,10,11). The molecule has 2 N–H and O–H groups in total. The van der Waals surface area contributed by atoms with Crippen LogP contribution in [0.25, 0.3) is 0 Å². The van der Waals surface area contributed by atoms with E-state index in [1.807, 2.05) is 0 Å². The maximum atomic E-state index is 12.2. The topological polar surface area (TPSA) is 82.0 Å². The predicted octanol–water partition coefficient (Wildman–Crippen LogP) is 2.27. The third kappa shape index (κ3) is 1.95. The molecule has 0 atom stereocenters. The van der Waals surface area contributed by atoms with E-state index in [4.69, 9.17) is 5.73 Å². The first-order chi connectivity index (χ1) is 6.43. The van der Waals surface area contributed by atoms with E-state index in [1.165, 1.54) is 0 Å². The molecule has 0 fully saturated rings. The number of hydrogen-bond donors (Lipinski definition) is 1. The van der Waals surface area contributed by atoms with Gasteiger partial charge in [-0.05, 0) is 15.9 Å². The average molecular weight is 268 g/mol. The third-order valence-corrected chi connectivity index (χ3v) is 2.22. The van der Waals surface area contributed by atoms with E-state index in [0.29, 0.717) is 6.07 Å². The average Bonchev–Trinajstić information content (AvgIpc) is 2.08. The Kier molecular flexibility index (Phi) is 2.94. The molecule has 0 aromatic carbocycles. The summed E-state index contributed by atoms with van der Waals surface area (Å²) in [6.07, 6.45) is -2.89. The number of nitrogens with two attached hydrogens (primary N) is 1. The van der Waals surface area contributed by atoms with Crippen molar-refractivity contribution in [3.05, 3.63) is 26.3 Å². The van der Waals surface area contributed by atoms with Crippen molar-refractivity contribution >= 4 is 27.4 Å². The summed E-state index contributed by atoms with van der Waals surface area (Å²) in [5.74, 6) is -0.325. The quantitative estimate of drug-likeness (QED) is 0.658. The lowest BCUT2D eigenvalue weighted by atomic mass is 10.3. The molecule has 0 radical (unpaired) electrons. The van der Waals surface area contributed by atoms with Gasteiger partial charge in [0, 0.05) is 6.07 Å². The van der Waals surface area contributed by atoms with Crippen molar-refractivity contribution in [3.8, 4) is 0 Å². The summed E-state index contributed by atoms with van der Waals surface area (Å²) in [7, 11) is 0. The van der Waals surface area contributed by atoms with E-state index in [1.54, 1.807) is 0 Å². The molecule has 14 heavy (non-hydrogen) atoms. The molecule has 5 nitrogen and oxygen atoms in total. The fourth-order valence-corrected chi connectivity index (χ4v) is 1.15. The molecule has 0 aliphatic rings. The van der Waals surface area contributed by atoms with Crippen LogP contribution >= 0.6 is 15.9 Å². The number of anilines is 1. The van der Waals surface area contributed by atoms with Gasteiger partial charge in [0.25, 0.3) is 12.1 Å². The van der Waals surface area contributed by atoms with Crippen LogP contribution in [0.1, 0.15) is 12.1 Å². The van der Waals surface area contributed by atoms with Gasteiger partial charge in [0.2, 0.25) is 0 Å². The molecule has 76 valence electrons. The van der Waals surface area contributed by atoms with Crippen molar-refractivity contribution in [3.63, 3.8) is 0 Å². The number of aromatic nitrogens is 1. The van der Waals surface area contributed by atoms with Crippen LogP contribution < -0.4 is 5.73 Å². The van der Waals surface area contributed by atoms with Crippen LogP contribution in [-0.4, -0.2) is 9.91 Å². The normalized spacial score (nSPS) is 10.6. The van der Waals surface area contributed by atoms with Gasteiger partial charge < -0.3 is 5.73 Å². The predicted molar refractivity (Wildman–Crippen MR) is 48.0 cm³/mol. The van der Waals surface area contributed by atoms with Crippen molar-refractivity contribution in [2.45, 2.75) is 6.43 Å². The van der Waals surface area contributed by atoms with E-state index < -0.39 is 22.7 Å². The highest BCUT2D eigenvalue weighted by Gasteiger charge is 2.21. The van der Waals surface area contributed by atoms with Gasteiger partial charge in [-0.3, -0.25) is 10.1 Å². The number of nitrogens with zero attached hydrogens (tertiary/aromatic N) is 2. The number of pyridine rings is 1. The number of nitrogen functional groups attached to an aromatic ring is 1. The van der Waals surface area contributed by atoms with Gasteiger partial charge in [0.15, 0.2) is 0 Å². The SMILES string of the molecule is Nc1nc(C(F)F)cc([N+](=O)[O-])c1Br. The number of alkyl halides is 2. The summed E-state index contributed by atoms with van der Waals surface area (Å²) in [4.78, 5) is 12.9. The number of rotatable bonds is 2. The van der Waals surface area contributed by atoms with Crippen molar-refractivity contribution < 1.29 is 13.7 Å². The Morgan fingerprint density at radius 1 is 1.64 bits per heavy atom. The molecule has 0 amide bonds. The van der Waals surface area contributed by atoms with E-state index in [9.17, 15) is 18.9 Å². The molecule has 1 heterocycles. The number of halogens is 3. The van der Waals surface area contributed by atoms with Gasteiger partial charge in [-0.25, -0.2) is 13.8 Å². The van der Waals surface area contributed by atoms with E-state index in [0.717, 1.165) is 0 Å². The van der Waals surface area contributed by atoms with E-state index in [-0.39, 0.29) is 10.3 Å². The van der Waals surface area contributed by atoms with Crippen molar-refractivity contribution in [2.24, 2.45) is 0 Å². The van der Waals surface area contributed by atoms with E-state index >= 15 is 0 Å². The van der Waals surface area contributed by atoms with E-state index in [2.05, 4.69) is 20.9 Å². The molecule has 0 bridgehead atoms. The zero-order chi connectivity index (χ0) is 10.9. The molecule has 0 saturated carbocycles. The molecule has 8 heteroatoms. The molecule has 0 saturated heterocycles. The maximum absolute atomic E-state index is 12.2. The molecule has 1 aromatic rings. The fourth-order valence-electron chi connectivity index (χ4n) is 0.800. The van der Waals surface area contributed by atoms with Crippen molar-refractivity contribution in [1.29, 1.82) is 0 Å². The fraction of sp³-hybridized carbons (Fsp3) is 0.167. The lowest BCUT2D eigenvalue weighted by molar-refractivity contribution is -0.385. The minimum atomic E-state index is -2.89. The highest BCUT2D eigenvalue weighted by Crippen LogP contribution is 2.32. The number of hydrogen-bond acceptors (Lipinski definition) is 4. The Bertz CT molecular complexity index is 386. The molecule has 0 unspecified atom stereocenters. The number of nitro groups is 1. The zero-order valence-corrected chi connectivity index (χ0v) is 8.16. The van der Waals surface area contributed by atoms with Crippen LogP contribution in [0.2, 0.25) is 0 Å². The van der Waals surface area contributed by atoms with Gasteiger partial charge in [-0.15, -0.1) is 0 Å². The summed E-state index contributed by atoms with van der Waals surface area (Å²) >= 11 is 2.79. The van der Waals surface area contributed by atoms with Crippen LogP contribution in [0.3, 0.4) is 0 Å². The van der Waals surface area contributed by atoms with Crippen LogP contribution in [0.5, 0.6) is 0 Å². The Morgan fingerprint density at radius 3 is 2.64 bits per heavy atom. The first-order valence-electron chi connectivity index (χ1n) is 3.32. The lowest BCUT2D eigenvalue weighted by Gasteiger charge is -2.02. The second kappa shape index (κ2) is 3.82. The molecule has 0 aliphatic carbocycles. The highest BCUT2D eigenvalue weighted by molar-refractivity contribution is 9.10. The summed E-state index contributed by atoms with van der Waals surface area (Å²) in [5.41, 5.74) is 3.97. The molecule has 1 aromatic heterocycles. The van der Waals surface area contributed by atoms with Crippen LogP contribution in [-0.2, 0) is 0 Å². The van der Waals surface area contributed by atoms with Gasteiger partial charge in [0.05, 0.1) is 4.92 Å². The molecular formula is C6H4BrF2N3O2. The smallest absolute Gasteiger partial charge is 0.289 e. The monoisotopic (exact) mass is 267 g/mol.